The van der Waals surface area contributed by atoms with Gasteiger partial charge in [0.15, 0.2) is 0 Å². The van der Waals surface area contributed by atoms with Gasteiger partial charge in [-0.3, -0.25) is 15.1 Å². The van der Waals surface area contributed by atoms with E-state index in [1.54, 1.807) is 12.1 Å². The lowest BCUT2D eigenvalue weighted by Crippen LogP contribution is -1.97. The van der Waals surface area contributed by atoms with Crippen molar-refractivity contribution in [3.63, 3.8) is 0 Å². The zero-order valence-corrected chi connectivity index (χ0v) is 9.32. The predicted octanol–water partition coefficient (Wildman–Crippen LogP) is 2.42. The molecule has 0 saturated heterocycles. The Kier molecular flexibility index (Phi) is 3.33. The first-order chi connectivity index (χ1) is 8.66. The Labute approximate surface area is 103 Å². The van der Waals surface area contributed by atoms with Crippen molar-refractivity contribution in [1.82, 2.24) is 0 Å². The number of nitro groups is 1. The minimum Gasteiger partial charge on any atom is -0.872 e. The van der Waals surface area contributed by atoms with E-state index in [0.29, 0.717) is 5.69 Å². The van der Waals surface area contributed by atoms with Crippen LogP contribution in [0.3, 0.4) is 0 Å². The summed E-state index contributed by atoms with van der Waals surface area (Å²) in [6.45, 7) is 0. The first-order valence-electron chi connectivity index (χ1n) is 5.21. The minimum absolute atomic E-state index is 0.121. The molecule has 18 heavy (non-hydrogen) atoms. The molecule has 0 saturated carbocycles. The highest BCUT2D eigenvalue weighted by atomic mass is 16.6. The second kappa shape index (κ2) is 5.09. The quantitative estimate of drug-likeness (QED) is 0.470. The van der Waals surface area contributed by atoms with Crippen LogP contribution in [-0.2, 0) is 0 Å². The first-order valence-corrected chi connectivity index (χ1v) is 5.21. The van der Waals surface area contributed by atoms with E-state index in [4.69, 9.17) is 0 Å². The summed E-state index contributed by atoms with van der Waals surface area (Å²) in [6.07, 6.45) is 1.34. The van der Waals surface area contributed by atoms with Crippen LogP contribution in [0.2, 0.25) is 0 Å². The van der Waals surface area contributed by atoms with Crippen molar-refractivity contribution in [3.05, 3.63) is 64.2 Å². The maximum Gasteiger partial charge on any atom is 0.270 e. The highest BCUT2D eigenvalue weighted by molar-refractivity contribution is 5.86. The molecule has 0 aliphatic rings. The molecule has 0 heterocycles. The monoisotopic (exact) mass is 241 g/mol. The maximum atomic E-state index is 11.5. The number of para-hydroxylation sites is 1. The van der Waals surface area contributed by atoms with Gasteiger partial charge in [-0.15, -0.1) is 0 Å². The zero-order chi connectivity index (χ0) is 13.0. The van der Waals surface area contributed by atoms with E-state index in [1.807, 2.05) is 18.2 Å². The molecule has 0 aliphatic heterocycles. The van der Waals surface area contributed by atoms with Gasteiger partial charge in [-0.05, 0) is 17.7 Å². The van der Waals surface area contributed by atoms with E-state index in [9.17, 15) is 15.2 Å². The van der Waals surface area contributed by atoms with Gasteiger partial charge >= 0.3 is 0 Å². The van der Waals surface area contributed by atoms with Crippen molar-refractivity contribution in [2.45, 2.75) is 0 Å². The Balaban J connectivity index is 2.31. The van der Waals surface area contributed by atoms with Gasteiger partial charge in [-0.25, -0.2) is 0 Å². The van der Waals surface area contributed by atoms with E-state index in [0.717, 1.165) is 0 Å². The molecule has 0 fully saturated rings. The molecule has 0 unspecified atom stereocenters. The van der Waals surface area contributed by atoms with E-state index >= 15 is 0 Å². The lowest BCUT2D eigenvalue weighted by atomic mass is 10.2. The Bertz CT molecular complexity index is 594. The minimum atomic E-state index is -0.542. The van der Waals surface area contributed by atoms with E-state index in [2.05, 4.69) is 4.99 Å². The van der Waals surface area contributed by atoms with Crippen molar-refractivity contribution < 1.29 is 10.0 Å². The second-order valence-corrected chi connectivity index (χ2v) is 3.57. The largest absolute Gasteiger partial charge is 0.872 e. The standard InChI is InChI=1S/C13H10N2O3/c16-13-7-6-12(15(17)18)8-10(13)9-14-11-4-2-1-3-5-11/h1-9,16H/p-1. The van der Waals surface area contributed by atoms with Crippen molar-refractivity contribution in [2.24, 2.45) is 4.99 Å². The number of non-ortho nitro benzene ring substituents is 1. The van der Waals surface area contributed by atoms with Crippen molar-refractivity contribution in [3.8, 4) is 5.75 Å². The molecule has 2 aromatic rings. The molecule has 5 heteroatoms. The summed E-state index contributed by atoms with van der Waals surface area (Å²) in [4.78, 5) is 14.1. The van der Waals surface area contributed by atoms with Crippen molar-refractivity contribution >= 4 is 17.6 Å². The molecule has 0 aromatic heterocycles. The molecular weight excluding hydrogens is 232 g/mol. The molecule has 2 aromatic carbocycles. The Morgan fingerprint density at radius 1 is 1.11 bits per heavy atom. The summed E-state index contributed by atoms with van der Waals surface area (Å²) < 4.78 is 0. The summed E-state index contributed by atoms with van der Waals surface area (Å²) in [5, 5.41) is 22.1. The molecular formula is C13H9N2O3-. The number of hydrogen-bond acceptors (Lipinski definition) is 4. The topological polar surface area (TPSA) is 78.6 Å². The molecule has 0 N–H and O–H groups in total. The highest BCUT2D eigenvalue weighted by Gasteiger charge is 2.05. The van der Waals surface area contributed by atoms with Crippen LogP contribution in [0.15, 0.2) is 53.5 Å². The maximum absolute atomic E-state index is 11.5. The van der Waals surface area contributed by atoms with Gasteiger partial charge in [0, 0.05) is 18.3 Å². The molecule has 0 amide bonds. The van der Waals surface area contributed by atoms with Crippen molar-refractivity contribution in [2.75, 3.05) is 0 Å². The molecule has 2 rings (SSSR count). The van der Waals surface area contributed by atoms with Gasteiger partial charge in [0.05, 0.1) is 10.6 Å². The van der Waals surface area contributed by atoms with Gasteiger partial charge in [0.2, 0.25) is 0 Å². The van der Waals surface area contributed by atoms with Gasteiger partial charge in [0.1, 0.15) is 0 Å². The van der Waals surface area contributed by atoms with E-state index in [1.165, 1.54) is 24.4 Å². The number of rotatable bonds is 3. The molecule has 0 radical (unpaired) electrons. The molecule has 90 valence electrons. The molecule has 0 bridgehead atoms. The molecule has 0 spiro atoms. The number of aliphatic imine (C=N–C) groups is 1. The third-order valence-corrected chi connectivity index (χ3v) is 2.31. The van der Waals surface area contributed by atoms with Crippen LogP contribution in [0, 0.1) is 10.1 Å². The highest BCUT2D eigenvalue weighted by Crippen LogP contribution is 2.20. The normalized spacial score (nSPS) is 10.7. The van der Waals surface area contributed by atoms with Crippen LogP contribution in [0.1, 0.15) is 5.56 Å². The smallest absolute Gasteiger partial charge is 0.270 e. The van der Waals surface area contributed by atoms with Crippen LogP contribution in [0.4, 0.5) is 11.4 Å². The third kappa shape index (κ3) is 2.70. The van der Waals surface area contributed by atoms with E-state index < -0.39 is 4.92 Å². The van der Waals surface area contributed by atoms with Crippen LogP contribution in [0.5, 0.6) is 5.75 Å². The van der Waals surface area contributed by atoms with Gasteiger partial charge in [-0.1, -0.05) is 30.0 Å². The molecule has 5 nitrogen and oxygen atoms in total. The van der Waals surface area contributed by atoms with Crippen LogP contribution in [-0.4, -0.2) is 11.1 Å². The average Bonchev–Trinajstić information content (AvgIpc) is 2.38. The predicted molar refractivity (Wildman–Crippen MR) is 66.2 cm³/mol. The lowest BCUT2D eigenvalue weighted by Gasteiger charge is -2.08. The van der Waals surface area contributed by atoms with E-state index in [-0.39, 0.29) is 17.0 Å². The molecule has 0 aliphatic carbocycles. The number of nitro benzene ring substituents is 1. The third-order valence-electron chi connectivity index (χ3n) is 2.31. The average molecular weight is 241 g/mol. The SMILES string of the molecule is O=[N+]([O-])c1ccc([O-])c(C=Nc2ccccc2)c1. The summed E-state index contributed by atoms with van der Waals surface area (Å²) in [5.74, 6) is -0.291. The van der Waals surface area contributed by atoms with Gasteiger partial charge in [-0.2, -0.15) is 0 Å². The fourth-order valence-electron chi connectivity index (χ4n) is 1.41. The lowest BCUT2D eigenvalue weighted by molar-refractivity contribution is -0.385. The fourth-order valence-corrected chi connectivity index (χ4v) is 1.41. The summed E-state index contributed by atoms with van der Waals surface area (Å²) >= 11 is 0. The second-order valence-electron chi connectivity index (χ2n) is 3.57. The summed E-state index contributed by atoms with van der Waals surface area (Å²) in [5.41, 5.74) is 0.764. The fraction of sp³-hybridized carbons (Fsp3) is 0. The number of nitrogens with zero attached hydrogens (tertiary/aromatic N) is 2. The van der Waals surface area contributed by atoms with Gasteiger partial charge in [0.25, 0.3) is 5.69 Å². The Hall–Kier alpha value is -2.69. The van der Waals surface area contributed by atoms with Crippen LogP contribution >= 0.6 is 0 Å². The van der Waals surface area contributed by atoms with Gasteiger partial charge < -0.3 is 5.11 Å². The van der Waals surface area contributed by atoms with Crippen LogP contribution < -0.4 is 5.11 Å². The van der Waals surface area contributed by atoms with Crippen LogP contribution in [0.25, 0.3) is 0 Å². The molecule has 0 atom stereocenters. The summed E-state index contributed by atoms with van der Waals surface area (Å²) in [6, 6.07) is 12.6. The zero-order valence-electron chi connectivity index (χ0n) is 9.32. The number of hydrogen-bond donors (Lipinski definition) is 0. The first kappa shape index (κ1) is 11.8. The summed E-state index contributed by atoms with van der Waals surface area (Å²) in [7, 11) is 0. The Morgan fingerprint density at radius 3 is 2.50 bits per heavy atom. The Morgan fingerprint density at radius 2 is 1.83 bits per heavy atom. The number of benzene rings is 2. The van der Waals surface area contributed by atoms with Crippen molar-refractivity contribution in [1.29, 1.82) is 0 Å².